The van der Waals surface area contributed by atoms with Gasteiger partial charge in [-0.1, -0.05) is 31.5 Å². The second-order valence-corrected chi connectivity index (χ2v) is 4.47. The maximum absolute atomic E-state index is 12.0. The number of urea groups is 1. The second kappa shape index (κ2) is 6.78. The predicted octanol–water partition coefficient (Wildman–Crippen LogP) is 2.39. The number of hydrogen-bond donors (Lipinski definition) is 2. The average molecular weight is 264 g/mol. The van der Waals surface area contributed by atoms with Crippen molar-refractivity contribution in [3.05, 3.63) is 29.8 Å². The van der Waals surface area contributed by atoms with E-state index < -0.39 is 18.0 Å². The van der Waals surface area contributed by atoms with Crippen LogP contribution in [0.3, 0.4) is 0 Å². The normalized spacial score (nSPS) is 11.7. The molecule has 0 heterocycles. The fourth-order valence-electron chi connectivity index (χ4n) is 1.84. The SMILES string of the molecule is CCC[C@@H](NC(=O)N(C)c1ccccc1C)C(=O)O. The number of carbonyl (C=O) groups excluding carboxylic acids is 1. The number of carboxylic acid groups (broad SMARTS) is 1. The summed E-state index contributed by atoms with van der Waals surface area (Å²) in [6.45, 7) is 3.78. The van der Waals surface area contributed by atoms with Crippen LogP contribution in [0.25, 0.3) is 0 Å². The summed E-state index contributed by atoms with van der Waals surface area (Å²) in [5, 5.41) is 11.6. The fourth-order valence-corrected chi connectivity index (χ4v) is 1.84. The standard InChI is InChI=1S/C14H20N2O3/c1-4-7-11(13(17)18)15-14(19)16(3)12-9-6-5-8-10(12)2/h5-6,8-9,11H,4,7H2,1-3H3,(H,15,19)(H,17,18)/t11-/m1/s1. The van der Waals surface area contributed by atoms with Crippen molar-refractivity contribution in [2.24, 2.45) is 0 Å². The van der Waals surface area contributed by atoms with Gasteiger partial charge < -0.3 is 10.4 Å². The summed E-state index contributed by atoms with van der Waals surface area (Å²) in [4.78, 5) is 24.5. The molecule has 0 radical (unpaired) electrons. The van der Waals surface area contributed by atoms with Gasteiger partial charge in [0, 0.05) is 12.7 Å². The molecule has 0 spiro atoms. The molecule has 2 N–H and O–H groups in total. The fraction of sp³-hybridized carbons (Fsp3) is 0.429. The molecule has 0 bridgehead atoms. The average Bonchev–Trinajstić information content (AvgIpc) is 2.37. The van der Waals surface area contributed by atoms with E-state index in [9.17, 15) is 9.59 Å². The predicted molar refractivity (Wildman–Crippen MR) is 74.4 cm³/mol. The Bertz CT molecular complexity index is 460. The number of aryl methyl sites for hydroxylation is 1. The number of benzene rings is 1. The van der Waals surface area contributed by atoms with Crippen molar-refractivity contribution in [2.75, 3.05) is 11.9 Å². The van der Waals surface area contributed by atoms with Gasteiger partial charge in [0.2, 0.25) is 0 Å². The molecule has 0 saturated carbocycles. The lowest BCUT2D eigenvalue weighted by Gasteiger charge is -2.22. The lowest BCUT2D eigenvalue weighted by molar-refractivity contribution is -0.139. The highest BCUT2D eigenvalue weighted by Gasteiger charge is 2.21. The number of carboxylic acids is 1. The van der Waals surface area contributed by atoms with Gasteiger partial charge in [-0.3, -0.25) is 4.90 Å². The lowest BCUT2D eigenvalue weighted by Crippen LogP contribution is -2.46. The molecule has 1 aromatic rings. The molecule has 5 heteroatoms. The van der Waals surface area contributed by atoms with E-state index in [2.05, 4.69) is 5.32 Å². The van der Waals surface area contributed by atoms with E-state index in [0.29, 0.717) is 12.8 Å². The van der Waals surface area contributed by atoms with Crippen LogP contribution < -0.4 is 10.2 Å². The summed E-state index contributed by atoms with van der Waals surface area (Å²) in [5.41, 5.74) is 1.73. The van der Waals surface area contributed by atoms with Crippen LogP contribution in [0.5, 0.6) is 0 Å². The number of amides is 2. The monoisotopic (exact) mass is 264 g/mol. The third-order valence-corrected chi connectivity index (χ3v) is 2.95. The highest BCUT2D eigenvalue weighted by atomic mass is 16.4. The van der Waals surface area contributed by atoms with E-state index in [1.807, 2.05) is 38.1 Å². The van der Waals surface area contributed by atoms with Crippen LogP contribution in [0.15, 0.2) is 24.3 Å². The molecule has 104 valence electrons. The summed E-state index contributed by atoms with van der Waals surface area (Å²) < 4.78 is 0. The van der Waals surface area contributed by atoms with Gasteiger partial charge in [0.15, 0.2) is 0 Å². The maximum atomic E-state index is 12.0. The number of nitrogens with zero attached hydrogens (tertiary/aromatic N) is 1. The first-order valence-electron chi connectivity index (χ1n) is 6.30. The molecule has 0 saturated heterocycles. The lowest BCUT2D eigenvalue weighted by atomic mass is 10.1. The number of aliphatic carboxylic acids is 1. The number of hydrogen-bond acceptors (Lipinski definition) is 2. The Morgan fingerprint density at radius 1 is 1.37 bits per heavy atom. The van der Waals surface area contributed by atoms with Crippen LogP contribution in [-0.4, -0.2) is 30.2 Å². The van der Waals surface area contributed by atoms with Crippen LogP contribution in [0.2, 0.25) is 0 Å². The van der Waals surface area contributed by atoms with Gasteiger partial charge in [0.1, 0.15) is 6.04 Å². The van der Waals surface area contributed by atoms with Crippen LogP contribution in [0.4, 0.5) is 10.5 Å². The van der Waals surface area contributed by atoms with Gasteiger partial charge in [0.25, 0.3) is 0 Å². The van der Waals surface area contributed by atoms with Crippen molar-refractivity contribution in [1.82, 2.24) is 5.32 Å². The number of nitrogens with one attached hydrogen (secondary N) is 1. The van der Waals surface area contributed by atoms with E-state index in [-0.39, 0.29) is 0 Å². The molecular weight excluding hydrogens is 244 g/mol. The van der Waals surface area contributed by atoms with E-state index in [4.69, 9.17) is 5.11 Å². The summed E-state index contributed by atoms with van der Waals surface area (Å²) >= 11 is 0. The number of anilines is 1. The van der Waals surface area contributed by atoms with Gasteiger partial charge in [-0.25, -0.2) is 9.59 Å². The van der Waals surface area contributed by atoms with Gasteiger partial charge >= 0.3 is 12.0 Å². The molecule has 5 nitrogen and oxygen atoms in total. The molecule has 1 rings (SSSR count). The van der Waals surface area contributed by atoms with Crippen LogP contribution >= 0.6 is 0 Å². The quantitative estimate of drug-likeness (QED) is 0.858. The Labute approximate surface area is 113 Å². The van der Waals surface area contributed by atoms with Crippen LogP contribution in [0.1, 0.15) is 25.3 Å². The molecule has 2 amide bonds. The molecule has 0 aliphatic carbocycles. The largest absolute Gasteiger partial charge is 0.480 e. The molecule has 0 fully saturated rings. The Kier molecular flexibility index (Phi) is 5.36. The molecule has 0 aromatic heterocycles. The summed E-state index contributed by atoms with van der Waals surface area (Å²) in [5.74, 6) is -1.01. The van der Waals surface area contributed by atoms with Crippen LogP contribution in [0, 0.1) is 6.92 Å². The smallest absolute Gasteiger partial charge is 0.326 e. The highest BCUT2D eigenvalue weighted by Crippen LogP contribution is 2.17. The van der Waals surface area contributed by atoms with Crippen LogP contribution in [-0.2, 0) is 4.79 Å². The molecular formula is C14H20N2O3. The Morgan fingerprint density at radius 2 is 2.00 bits per heavy atom. The summed E-state index contributed by atoms with van der Waals surface area (Å²) in [6.07, 6.45) is 1.12. The Hall–Kier alpha value is -2.04. The van der Waals surface area contributed by atoms with E-state index in [0.717, 1.165) is 11.3 Å². The Morgan fingerprint density at radius 3 is 2.53 bits per heavy atom. The molecule has 0 aliphatic rings. The molecule has 1 aromatic carbocycles. The zero-order valence-corrected chi connectivity index (χ0v) is 11.5. The summed E-state index contributed by atoms with van der Waals surface area (Å²) in [6, 6.07) is 6.21. The van der Waals surface area contributed by atoms with Crippen molar-refractivity contribution in [3.63, 3.8) is 0 Å². The first-order valence-corrected chi connectivity index (χ1v) is 6.30. The van der Waals surface area contributed by atoms with E-state index >= 15 is 0 Å². The minimum absolute atomic E-state index is 0.407. The molecule has 1 atom stereocenters. The van der Waals surface area contributed by atoms with Gasteiger partial charge in [-0.2, -0.15) is 0 Å². The van der Waals surface area contributed by atoms with Crippen molar-refractivity contribution in [1.29, 1.82) is 0 Å². The zero-order chi connectivity index (χ0) is 14.4. The number of para-hydroxylation sites is 1. The summed E-state index contributed by atoms with van der Waals surface area (Å²) in [7, 11) is 1.63. The number of rotatable bonds is 5. The third kappa shape index (κ3) is 3.98. The molecule has 0 unspecified atom stereocenters. The minimum Gasteiger partial charge on any atom is -0.480 e. The first-order chi connectivity index (χ1) is 8.97. The second-order valence-electron chi connectivity index (χ2n) is 4.47. The highest BCUT2D eigenvalue weighted by molar-refractivity contribution is 5.94. The third-order valence-electron chi connectivity index (χ3n) is 2.95. The molecule has 0 aliphatic heterocycles. The van der Waals surface area contributed by atoms with Crippen molar-refractivity contribution in [2.45, 2.75) is 32.7 Å². The maximum Gasteiger partial charge on any atom is 0.326 e. The molecule has 19 heavy (non-hydrogen) atoms. The van der Waals surface area contributed by atoms with Gasteiger partial charge in [-0.15, -0.1) is 0 Å². The van der Waals surface area contributed by atoms with E-state index in [1.165, 1.54) is 4.90 Å². The first kappa shape index (κ1) is 15.0. The minimum atomic E-state index is -1.01. The number of carbonyl (C=O) groups is 2. The van der Waals surface area contributed by atoms with Gasteiger partial charge in [0.05, 0.1) is 0 Å². The van der Waals surface area contributed by atoms with Gasteiger partial charge in [-0.05, 0) is 25.0 Å². The van der Waals surface area contributed by atoms with Crippen molar-refractivity contribution >= 4 is 17.7 Å². The van der Waals surface area contributed by atoms with Crippen molar-refractivity contribution < 1.29 is 14.7 Å². The van der Waals surface area contributed by atoms with Crippen molar-refractivity contribution in [3.8, 4) is 0 Å². The van der Waals surface area contributed by atoms with E-state index in [1.54, 1.807) is 7.05 Å². The Balaban J connectivity index is 2.77. The topological polar surface area (TPSA) is 69.6 Å². The zero-order valence-electron chi connectivity index (χ0n) is 11.5.